The molecule has 2 rings (SSSR count). The van der Waals surface area contributed by atoms with E-state index in [9.17, 15) is 0 Å². The highest BCUT2D eigenvalue weighted by Gasteiger charge is 2.28. The van der Waals surface area contributed by atoms with Crippen LogP contribution in [0.2, 0.25) is 0 Å². The molecule has 0 heterocycles. The van der Waals surface area contributed by atoms with Crippen LogP contribution in [0.1, 0.15) is 221 Å². The lowest BCUT2D eigenvalue weighted by Crippen LogP contribution is -2.39. The highest BCUT2D eigenvalue weighted by atomic mass is 15.1. The molecule has 270 valence electrons. The molecular weight excluding hydrogens is 544 g/mol. The molecule has 0 atom stereocenters. The first-order chi connectivity index (χ1) is 21.8. The first-order valence-corrected chi connectivity index (χ1v) is 21.3. The third kappa shape index (κ3) is 26.5. The quantitative estimate of drug-likeness (QED) is 0.0961. The summed E-state index contributed by atoms with van der Waals surface area (Å²) in [4.78, 5) is 2.82. The summed E-state index contributed by atoms with van der Waals surface area (Å²) in [6.07, 6.45) is 40.2. The lowest BCUT2D eigenvalue weighted by molar-refractivity contribution is 0.205. The summed E-state index contributed by atoms with van der Waals surface area (Å²) in [5.41, 5.74) is 6.42. The first-order valence-electron chi connectivity index (χ1n) is 21.3. The van der Waals surface area contributed by atoms with Crippen molar-refractivity contribution >= 4 is 0 Å². The highest BCUT2D eigenvalue weighted by Crippen LogP contribution is 2.34. The Balaban J connectivity index is 0.000000591. The van der Waals surface area contributed by atoms with Crippen LogP contribution in [-0.4, -0.2) is 30.6 Å². The molecule has 2 aliphatic rings. The van der Waals surface area contributed by atoms with Crippen molar-refractivity contribution in [2.75, 3.05) is 19.6 Å². The third-order valence-electron chi connectivity index (χ3n) is 11.2. The Morgan fingerprint density at radius 2 is 0.667 bits per heavy atom. The van der Waals surface area contributed by atoms with Gasteiger partial charge < -0.3 is 10.6 Å². The van der Waals surface area contributed by atoms with Gasteiger partial charge in [-0.2, -0.15) is 0 Å². The molecular formula is C43H88N2. The Labute approximate surface area is 286 Å². The van der Waals surface area contributed by atoms with Crippen LogP contribution in [0.3, 0.4) is 0 Å². The molecule has 0 aromatic rings. The van der Waals surface area contributed by atoms with Gasteiger partial charge in [-0.05, 0) is 94.2 Å². The Morgan fingerprint density at radius 1 is 0.400 bits per heavy atom. The van der Waals surface area contributed by atoms with Gasteiger partial charge in [-0.3, -0.25) is 0 Å². The lowest BCUT2D eigenvalue weighted by atomic mass is 9.74. The number of hydrogen-bond acceptors (Lipinski definition) is 2. The molecule has 0 bridgehead atoms. The molecule has 45 heavy (non-hydrogen) atoms. The van der Waals surface area contributed by atoms with Crippen LogP contribution in [0.5, 0.6) is 0 Å². The molecule has 0 aromatic heterocycles. The molecule has 0 radical (unpaired) electrons. The Bertz CT molecular complexity index is 516. The van der Waals surface area contributed by atoms with Gasteiger partial charge in [0.1, 0.15) is 0 Å². The number of unbranched alkanes of at least 4 members (excludes halogenated alkanes) is 12. The van der Waals surface area contributed by atoms with Gasteiger partial charge in [-0.15, -0.1) is 0 Å². The summed E-state index contributed by atoms with van der Waals surface area (Å²) < 4.78 is 0. The molecule has 2 fully saturated rings. The van der Waals surface area contributed by atoms with E-state index in [2.05, 4.69) is 46.4 Å². The minimum Gasteiger partial charge on any atom is -0.327 e. The van der Waals surface area contributed by atoms with Gasteiger partial charge in [0.15, 0.2) is 0 Å². The molecule has 0 spiro atoms. The first kappa shape index (κ1) is 42.9. The summed E-state index contributed by atoms with van der Waals surface area (Å²) in [6.45, 7) is 18.2. The zero-order valence-corrected chi connectivity index (χ0v) is 32.4. The van der Waals surface area contributed by atoms with Gasteiger partial charge >= 0.3 is 0 Å². The zero-order valence-electron chi connectivity index (χ0n) is 32.4. The fourth-order valence-corrected chi connectivity index (χ4v) is 8.01. The molecule has 0 aliphatic heterocycles. The maximum absolute atomic E-state index is 6.42. The maximum Gasteiger partial charge on any atom is 0.00956 e. The standard InChI is InChI=1S/C30H63N.C13H25N/c1-28(2)22-16-10-7-13-19-25-31(26-20-14-8-11-17-23-29(3)4)27-21-15-9-12-18-24-30(5)6;14-13(11-7-3-1-4-8-11)12-9-5-2-6-10-12/h28-30H,7-27H2,1-6H3;11-13H,1-10,14H2. The van der Waals surface area contributed by atoms with Crippen LogP contribution in [0, 0.1) is 29.6 Å². The van der Waals surface area contributed by atoms with Crippen molar-refractivity contribution in [1.29, 1.82) is 0 Å². The van der Waals surface area contributed by atoms with Crippen molar-refractivity contribution in [3.8, 4) is 0 Å². The molecule has 0 saturated heterocycles. The van der Waals surface area contributed by atoms with Crippen molar-refractivity contribution < 1.29 is 0 Å². The summed E-state index contributed by atoms with van der Waals surface area (Å²) in [5.74, 6) is 4.38. The molecule has 2 aliphatic carbocycles. The summed E-state index contributed by atoms with van der Waals surface area (Å²) >= 11 is 0. The molecule has 2 heteroatoms. The van der Waals surface area contributed by atoms with Gasteiger partial charge in [0.2, 0.25) is 0 Å². The Hall–Kier alpha value is -0.0800. The van der Waals surface area contributed by atoms with Crippen LogP contribution in [0.4, 0.5) is 0 Å². The topological polar surface area (TPSA) is 29.3 Å². The maximum atomic E-state index is 6.42. The number of hydrogen-bond donors (Lipinski definition) is 1. The number of rotatable bonds is 26. The van der Waals surface area contributed by atoms with E-state index in [1.807, 2.05) is 0 Å². The van der Waals surface area contributed by atoms with Crippen LogP contribution < -0.4 is 5.73 Å². The minimum absolute atomic E-state index is 0.538. The largest absolute Gasteiger partial charge is 0.327 e. The normalized spacial score (nSPS) is 16.8. The Kier molecular flexibility index (Phi) is 28.6. The smallest absolute Gasteiger partial charge is 0.00956 e. The monoisotopic (exact) mass is 633 g/mol. The lowest BCUT2D eigenvalue weighted by Gasteiger charge is -2.35. The van der Waals surface area contributed by atoms with Crippen LogP contribution in [0.15, 0.2) is 0 Å². The van der Waals surface area contributed by atoms with E-state index in [1.165, 1.54) is 199 Å². The highest BCUT2D eigenvalue weighted by molar-refractivity contribution is 4.84. The average Bonchev–Trinajstić information content (AvgIpc) is 3.03. The molecule has 2 nitrogen and oxygen atoms in total. The second-order valence-electron chi connectivity index (χ2n) is 17.1. The summed E-state index contributed by atoms with van der Waals surface area (Å²) in [7, 11) is 0. The van der Waals surface area contributed by atoms with Gasteiger partial charge in [-0.1, -0.05) is 176 Å². The third-order valence-corrected chi connectivity index (χ3v) is 11.2. The second kappa shape index (κ2) is 30.0. The molecule has 2 saturated carbocycles. The summed E-state index contributed by atoms with van der Waals surface area (Å²) in [6, 6.07) is 0.538. The second-order valence-corrected chi connectivity index (χ2v) is 17.1. The predicted molar refractivity (Wildman–Crippen MR) is 205 cm³/mol. The van der Waals surface area contributed by atoms with Crippen LogP contribution in [0.25, 0.3) is 0 Å². The fraction of sp³-hybridized carbons (Fsp3) is 1.00. The molecule has 2 N–H and O–H groups in total. The van der Waals surface area contributed by atoms with E-state index in [1.54, 1.807) is 0 Å². The van der Waals surface area contributed by atoms with E-state index < -0.39 is 0 Å². The van der Waals surface area contributed by atoms with Gasteiger partial charge in [0.25, 0.3) is 0 Å². The zero-order chi connectivity index (χ0) is 33.0. The van der Waals surface area contributed by atoms with E-state index in [-0.39, 0.29) is 0 Å². The van der Waals surface area contributed by atoms with Crippen molar-refractivity contribution in [2.45, 2.75) is 227 Å². The molecule has 0 amide bonds. The van der Waals surface area contributed by atoms with Crippen LogP contribution >= 0.6 is 0 Å². The average molecular weight is 633 g/mol. The number of nitrogens with zero attached hydrogens (tertiary/aromatic N) is 1. The minimum atomic E-state index is 0.538. The van der Waals surface area contributed by atoms with E-state index in [0.29, 0.717) is 6.04 Å². The Morgan fingerprint density at radius 3 is 0.956 bits per heavy atom. The van der Waals surface area contributed by atoms with E-state index in [0.717, 1.165) is 29.6 Å². The van der Waals surface area contributed by atoms with Gasteiger partial charge in [-0.25, -0.2) is 0 Å². The summed E-state index contributed by atoms with van der Waals surface area (Å²) in [5, 5.41) is 0. The van der Waals surface area contributed by atoms with E-state index >= 15 is 0 Å². The number of nitrogens with two attached hydrogens (primary N) is 1. The van der Waals surface area contributed by atoms with Crippen LogP contribution in [-0.2, 0) is 0 Å². The van der Waals surface area contributed by atoms with E-state index in [4.69, 9.17) is 5.73 Å². The predicted octanol–water partition coefficient (Wildman–Crippen LogP) is 13.8. The van der Waals surface area contributed by atoms with Crippen molar-refractivity contribution in [3.63, 3.8) is 0 Å². The molecule has 0 unspecified atom stereocenters. The SMILES string of the molecule is CC(C)CCCCCCCN(CCCCCCCC(C)C)CCCCCCCC(C)C.NC(C1CCCCC1)C1CCCCC1. The van der Waals surface area contributed by atoms with Gasteiger partial charge in [0.05, 0.1) is 0 Å². The van der Waals surface area contributed by atoms with Crippen molar-refractivity contribution in [2.24, 2.45) is 35.3 Å². The fourth-order valence-electron chi connectivity index (χ4n) is 8.01. The molecule has 0 aromatic carbocycles. The van der Waals surface area contributed by atoms with Gasteiger partial charge in [0, 0.05) is 6.04 Å². The van der Waals surface area contributed by atoms with Crippen molar-refractivity contribution in [1.82, 2.24) is 4.90 Å². The van der Waals surface area contributed by atoms with Crippen molar-refractivity contribution in [3.05, 3.63) is 0 Å².